The van der Waals surface area contributed by atoms with Gasteiger partial charge >= 0.3 is 0 Å². The molecule has 2 unspecified atom stereocenters. The summed E-state index contributed by atoms with van der Waals surface area (Å²) in [5, 5.41) is 10.1. The molecule has 1 saturated heterocycles. The zero-order chi connectivity index (χ0) is 14.5. The van der Waals surface area contributed by atoms with Crippen LogP contribution in [0.3, 0.4) is 0 Å². The molecule has 0 spiro atoms. The summed E-state index contributed by atoms with van der Waals surface area (Å²) >= 11 is 0. The number of halogens is 2. The van der Waals surface area contributed by atoms with Crippen LogP contribution in [0.5, 0.6) is 0 Å². The Kier molecular flexibility index (Phi) is 5.46. The van der Waals surface area contributed by atoms with E-state index in [1.807, 2.05) is 11.8 Å². The zero-order valence-electron chi connectivity index (χ0n) is 11.7. The molecule has 1 N–H and O–H groups in total. The number of rotatable bonds is 5. The van der Waals surface area contributed by atoms with Crippen LogP contribution in [0.4, 0.5) is 8.78 Å². The number of ether oxygens (including phenoxy) is 1. The number of likely N-dealkylation sites (tertiary alicyclic amines) is 1. The average molecular weight is 285 g/mol. The van der Waals surface area contributed by atoms with Gasteiger partial charge in [-0.2, -0.15) is 0 Å². The van der Waals surface area contributed by atoms with Crippen LogP contribution < -0.4 is 0 Å². The fraction of sp³-hybridized carbons (Fsp3) is 0.600. The predicted octanol–water partition coefficient (Wildman–Crippen LogP) is 2.50. The number of aliphatic hydroxyl groups is 1. The summed E-state index contributed by atoms with van der Waals surface area (Å²) in [6.07, 6.45) is 1.14. The number of benzene rings is 1. The summed E-state index contributed by atoms with van der Waals surface area (Å²) < 4.78 is 32.4. The normalized spacial score (nSPS) is 21.9. The Hall–Kier alpha value is -1.04. The molecule has 0 aromatic heterocycles. The van der Waals surface area contributed by atoms with Crippen LogP contribution >= 0.6 is 0 Å². The second-order valence-corrected chi connectivity index (χ2v) is 5.14. The van der Waals surface area contributed by atoms with Crippen molar-refractivity contribution in [2.24, 2.45) is 0 Å². The molecule has 1 aromatic carbocycles. The topological polar surface area (TPSA) is 32.7 Å². The molecule has 20 heavy (non-hydrogen) atoms. The van der Waals surface area contributed by atoms with Gasteiger partial charge in [0.25, 0.3) is 0 Å². The van der Waals surface area contributed by atoms with Gasteiger partial charge in [-0.3, -0.25) is 4.90 Å². The van der Waals surface area contributed by atoms with Crippen LogP contribution in [-0.4, -0.2) is 42.4 Å². The van der Waals surface area contributed by atoms with E-state index in [0.717, 1.165) is 32.0 Å². The lowest BCUT2D eigenvalue weighted by molar-refractivity contribution is -0.00745. The minimum atomic E-state index is -1.02. The van der Waals surface area contributed by atoms with Gasteiger partial charge in [0.1, 0.15) is 0 Å². The van der Waals surface area contributed by atoms with Crippen molar-refractivity contribution in [3.8, 4) is 0 Å². The maximum atomic E-state index is 13.6. The minimum absolute atomic E-state index is 0.0172. The molecule has 5 heteroatoms. The fourth-order valence-electron chi connectivity index (χ4n) is 2.67. The first kappa shape index (κ1) is 15.4. The molecule has 0 aliphatic carbocycles. The van der Waals surface area contributed by atoms with E-state index in [1.165, 1.54) is 12.1 Å². The van der Waals surface area contributed by atoms with Gasteiger partial charge < -0.3 is 9.84 Å². The van der Waals surface area contributed by atoms with Crippen molar-refractivity contribution in [2.45, 2.75) is 32.0 Å². The van der Waals surface area contributed by atoms with Gasteiger partial charge in [-0.05, 0) is 32.4 Å². The molecular formula is C15H21F2NO2. The highest BCUT2D eigenvalue weighted by Crippen LogP contribution is 2.22. The van der Waals surface area contributed by atoms with Gasteiger partial charge in [0.2, 0.25) is 0 Å². The van der Waals surface area contributed by atoms with Crippen LogP contribution in [-0.2, 0) is 4.74 Å². The van der Waals surface area contributed by atoms with E-state index in [4.69, 9.17) is 4.74 Å². The molecule has 0 bridgehead atoms. The summed E-state index contributed by atoms with van der Waals surface area (Å²) in [5.74, 6) is -1.88. The van der Waals surface area contributed by atoms with Crippen molar-refractivity contribution < 1.29 is 18.6 Å². The lowest BCUT2D eigenvalue weighted by Crippen LogP contribution is -2.41. The number of piperidine rings is 1. The third-order valence-electron chi connectivity index (χ3n) is 3.64. The van der Waals surface area contributed by atoms with E-state index in [2.05, 4.69) is 0 Å². The highest BCUT2D eigenvalue weighted by molar-refractivity contribution is 5.21. The van der Waals surface area contributed by atoms with Gasteiger partial charge in [0.15, 0.2) is 11.6 Å². The van der Waals surface area contributed by atoms with Crippen molar-refractivity contribution in [3.05, 3.63) is 35.4 Å². The summed E-state index contributed by atoms with van der Waals surface area (Å²) in [6.45, 7) is 4.48. The summed E-state index contributed by atoms with van der Waals surface area (Å²) in [5.41, 5.74) is 0.0172. The number of hydrogen-bond donors (Lipinski definition) is 1. The zero-order valence-corrected chi connectivity index (χ0v) is 11.7. The Balaban J connectivity index is 1.97. The molecule has 1 fully saturated rings. The Labute approximate surface area is 118 Å². The molecule has 1 aliphatic heterocycles. The van der Waals surface area contributed by atoms with Crippen molar-refractivity contribution in [1.29, 1.82) is 0 Å². The van der Waals surface area contributed by atoms with Crippen molar-refractivity contribution in [1.82, 2.24) is 4.90 Å². The highest BCUT2D eigenvalue weighted by atomic mass is 19.2. The second-order valence-electron chi connectivity index (χ2n) is 5.14. The molecule has 3 nitrogen and oxygen atoms in total. The van der Waals surface area contributed by atoms with Crippen molar-refractivity contribution >= 4 is 0 Å². The molecule has 2 rings (SSSR count). The van der Waals surface area contributed by atoms with E-state index in [0.29, 0.717) is 13.2 Å². The largest absolute Gasteiger partial charge is 0.387 e. The number of hydrogen-bond acceptors (Lipinski definition) is 3. The van der Waals surface area contributed by atoms with Gasteiger partial charge in [0, 0.05) is 25.3 Å². The Morgan fingerprint density at radius 1 is 1.45 bits per heavy atom. The van der Waals surface area contributed by atoms with Gasteiger partial charge in [-0.25, -0.2) is 8.78 Å². The Morgan fingerprint density at radius 3 is 3.00 bits per heavy atom. The van der Waals surface area contributed by atoms with Crippen LogP contribution in [0.25, 0.3) is 0 Å². The van der Waals surface area contributed by atoms with E-state index in [9.17, 15) is 13.9 Å². The van der Waals surface area contributed by atoms with E-state index >= 15 is 0 Å². The van der Waals surface area contributed by atoms with E-state index in [-0.39, 0.29) is 11.7 Å². The van der Waals surface area contributed by atoms with Gasteiger partial charge in [0.05, 0.1) is 12.2 Å². The smallest absolute Gasteiger partial charge is 0.164 e. The second kappa shape index (κ2) is 7.11. The first-order chi connectivity index (χ1) is 9.61. The maximum absolute atomic E-state index is 13.6. The monoisotopic (exact) mass is 285 g/mol. The first-order valence-corrected chi connectivity index (χ1v) is 7.07. The molecule has 0 radical (unpaired) electrons. The number of aliphatic hydroxyl groups excluding tert-OH is 1. The summed E-state index contributed by atoms with van der Waals surface area (Å²) in [4.78, 5) is 2.04. The maximum Gasteiger partial charge on any atom is 0.164 e. The van der Waals surface area contributed by atoms with Gasteiger partial charge in [-0.1, -0.05) is 12.1 Å². The SMILES string of the molecule is CCOC1CCCN(CC(O)c2cccc(F)c2F)C1. The summed E-state index contributed by atoms with van der Waals surface area (Å²) in [6, 6.07) is 3.89. The van der Waals surface area contributed by atoms with Crippen LogP contribution in [0.15, 0.2) is 18.2 Å². The van der Waals surface area contributed by atoms with Crippen molar-refractivity contribution in [3.63, 3.8) is 0 Å². The highest BCUT2D eigenvalue weighted by Gasteiger charge is 2.24. The average Bonchev–Trinajstić information content (AvgIpc) is 2.42. The molecule has 1 aliphatic rings. The molecule has 0 saturated carbocycles. The Bertz CT molecular complexity index is 440. The molecule has 112 valence electrons. The Morgan fingerprint density at radius 2 is 2.25 bits per heavy atom. The van der Waals surface area contributed by atoms with Crippen LogP contribution in [0.2, 0.25) is 0 Å². The fourth-order valence-corrected chi connectivity index (χ4v) is 2.67. The lowest BCUT2D eigenvalue weighted by atomic mass is 10.0. The number of nitrogens with zero attached hydrogens (tertiary/aromatic N) is 1. The van der Waals surface area contributed by atoms with Crippen molar-refractivity contribution in [2.75, 3.05) is 26.2 Å². The standard InChI is InChI=1S/C15H21F2NO2/c1-2-20-11-5-4-8-18(9-11)10-14(19)12-6-3-7-13(16)15(12)17/h3,6-7,11,14,19H,2,4-5,8-10H2,1H3. The van der Waals surface area contributed by atoms with E-state index < -0.39 is 17.7 Å². The minimum Gasteiger partial charge on any atom is -0.387 e. The third kappa shape index (κ3) is 3.75. The lowest BCUT2D eigenvalue weighted by Gasteiger charge is -2.33. The number of β-amino-alcohol motifs (C(OH)–C–C–N with tert-alkyl or cyclic N) is 1. The molecule has 2 atom stereocenters. The van der Waals surface area contributed by atoms with Crippen LogP contribution in [0, 0.1) is 11.6 Å². The first-order valence-electron chi connectivity index (χ1n) is 7.07. The van der Waals surface area contributed by atoms with Gasteiger partial charge in [-0.15, -0.1) is 0 Å². The molecule has 1 aromatic rings. The third-order valence-corrected chi connectivity index (χ3v) is 3.64. The molecular weight excluding hydrogens is 264 g/mol. The van der Waals surface area contributed by atoms with Crippen LogP contribution in [0.1, 0.15) is 31.4 Å². The quantitative estimate of drug-likeness (QED) is 0.902. The predicted molar refractivity (Wildman–Crippen MR) is 72.4 cm³/mol. The molecule has 1 heterocycles. The summed E-state index contributed by atoms with van der Waals surface area (Å²) in [7, 11) is 0. The van der Waals surface area contributed by atoms with E-state index in [1.54, 1.807) is 0 Å². The molecule has 0 amide bonds.